The van der Waals surface area contributed by atoms with Gasteiger partial charge in [0.1, 0.15) is 11.6 Å². The summed E-state index contributed by atoms with van der Waals surface area (Å²) in [5, 5.41) is 21.3. The first-order valence-corrected chi connectivity index (χ1v) is 6.78. The topological polar surface area (TPSA) is 63.0 Å². The third-order valence-electron chi connectivity index (χ3n) is 3.69. The summed E-state index contributed by atoms with van der Waals surface area (Å²) >= 11 is 0. The molecule has 6 heteroatoms. The summed E-state index contributed by atoms with van der Waals surface area (Å²) in [7, 11) is 0. The second-order valence-electron chi connectivity index (χ2n) is 5.08. The minimum absolute atomic E-state index is 0.00276. The van der Waals surface area contributed by atoms with E-state index in [-0.39, 0.29) is 11.8 Å². The maximum absolute atomic E-state index is 13.3. The molecule has 106 valence electrons. The summed E-state index contributed by atoms with van der Waals surface area (Å²) in [5.74, 6) is 1.04. The molecule has 0 fully saturated rings. The largest absolute Gasteiger partial charge is 0.505 e. The number of benzene rings is 1. The number of aromatic hydroxyl groups is 1. The Hall–Kier alpha value is -1.95. The van der Waals surface area contributed by atoms with Crippen LogP contribution in [0.5, 0.6) is 5.75 Å². The minimum Gasteiger partial charge on any atom is -0.505 e. The molecule has 1 aromatic heterocycles. The fraction of sp³-hybridized carbons (Fsp3) is 0.429. The number of fused-ring (bicyclic) bond motifs is 1. The Balaban J connectivity index is 1.70. The fourth-order valence-electron chi connectivity index (χ4n) is 2.55. The number of rotatable bonds is 4. The first-order valence-electron chi connectivity index (χ1n) is 6.78. The van der Waals surface area contributed by atoms with Gasteiger partial charge in [0.2, 0.25) is 0 Å². The number of nitrogens with one attached hydrogen (secondary N) is 1. The maximum Gasteiger partial charge on any atom is 0.165 e. The summed E-state index contributed by atoms with van der Waals surface area (Å²) in [4.78, 5) is 0. The maximum atomic E-state index is 13.3. The van der Waals surface area contributed by atoms with Crippen LogP contribution in [0.15, 0.2) is 18.2 Å². The second-order valence-corrected chi connectivity index (χ2v) is 5.08. The average molecular weight is 276 g/mol. The van der Waals surface area contributed by atoms with Gasteiger partial charge in [-0.25, -0.2) is 4.39 Å². The molecule has 2 N–H and O–H groups in total. The van der Waals surface area contributed by atoms with Gasteiger partial charge in [-0.15, -0.1) is 10.2 Å². The van der Waals surface area contributed by atoms with Gasteiger partial charge >= 0.3 is 0 Å². The number of hydrogen-bond donors (Lipinski definition) is 2. The summed E-state index contributed by atoms with van der Waals surface area (Å²) in [6.07, 6.45) is 2.08. The van der Waals surface area contributed by atoms with Crippen LogP contribution in [-0.2, 0) is 19.5 Å². The predicted octanol–water partition coefficient (Wildman–Crippen LogP) is 1.92. The molecule has 0 aliphatic carbocycles. The molecule has 0 bridgehead atoms. The van der Waals surface area contributed by atoms with E-state index in [4.69, 9.17) is 0 Å². The molecule has 2 aromatic rings. The zero-order valence-electron chi connectivity index (χ0n) is 11.3. The number of para-hydroxylation sites is 1. The van der Waals surface area contributed by atoms with E-state index >= 15 is 0 Å². The number of aromatic nitrogens is 3. The van der Waals surface area contributed by atoms with Gasteiger partial charge in [-0.2, -0.15) is 0 Å². The molecule has 0 amide bonds. The fourth-order valence-corrected chi connectivity index (χ4v) is 2.55. The van der Waals surface area contributed by atoms with E-state index in [0.29, 0.717) is 12.1 Å². The third-order valence-corrected chi connectivity index (χ3v) is 3.69. The quantitative estimate of drug-likeness (QED) is 0.895. The second kappa shape index (κ2) is 5.20. The van der Waals surface area contributed by atoms with Crippen molar-refractivity contribution in [3.63, 3.8) is 0 Å². The average Bonchev–Trinajstić information content (AvgIpc) is 3.02. The number of halogens is 1. The number of nitrogens with zero attached hydrogens (tertiary/aromatic N) is 3. The molecule has 1 unspecified atom stereocenters. The summed E-state index contributed by atoms with van der Waals surface area (Å²) < 4.78 is 15.4. The van der Waals surface area contributed by atoms with E-state index in [1.165, 1.54) is 6.07 Å². The predicted molar refractivity (Wildman–Crippen MR) is 71.7 cm³/mol. The molecule has 1 aromatic carbocycles. The number of phenols is 1. The van der Waals surface area contributed by atoms with Crippen LogP contribution in [0.3, 0.4) is 0 Å². The molecule has 0 radical (unpaired) electrons. The van der Waals surface area contributed by atoms with Gasteiger partial charge in [-0.1, -0.05) is 12.1 Å². The van der Waals surface area contributed by atoms with Crippen LogP contribution in [0.4, 0.5) is 4.39 Å². The SMILES string of the molecule is CC(NCc1cccc(F)c1O)c1nnc2n1CCC2. The highest BCUT2D eigenvalue weighted by atomic mass is 19.1. The lowest BCUT2D eigenvalue weighted by molar-refractivity contribution is 0.419. The molecular formula is C14H17FN4O. The van der Waals surface area contributed by atoms with Crippen molar-refractivity contribution in [3.05, 3.63) is 41.2 Å². The Morgan fingerprint density at radius 2 is 2.30 bits per heavy atom. The van der Waals surface area contributed by atoms with Gasteiger partial charge in [0, 0.05) is 25.1 Å². The first kappa shape index (κ1) is 13.1. The lowest BCUT2D eigenvalue weighted by Crippen LogP contribution is -2.21. The Morgan fingerprint density at radius 1 is 1.45 bits per heavy atom. The third kappa shape index (κ3) is 2.27. The molecule has 1 atom stereocenters. The normalized spacial score (nSPS) is 15.3. The van der Waals surface area contributed by atoms with Crippen LogP contribution in [0.25, 0.3) is 0 Å². The minimum atomic E-state index is -0.597. The molecule has 2 heterocycles. The van der Waals surface area contributed by atoms with Crippen molar-refractivity contribution in [2.24, 2.45) is 0 Å². The Kier molecular flexibility index (Phi) is 3.40. The molecular weight excluding hydrogens is 259 g/mol. The molecule has 5 nitrogen and oxygen atoms in total. The Bertz CT molecular complexity index is 626. The van der Waals surface area contributed by atoms with Gasteiger partial charge in [-0.3, -0.25) is 0 Å². The monoisotopic (exact) mass is 276 g/mol. The van der Waals surface area contributed by atoms with E-state index in [1.54, 1.807) is 12.1 Å². The van der Waals surface area contributed by atoms with E-state index in [2.05, 4.69) is 20.1 Å². The van der Waals surface area contributed by atoms with Crippen LogP contribution >= 0.6 is 0 Å². The van der Waals surface area contributed by atoms with Gasteiger partial charge < -0.3 is 15.0 Å². The van der Waals surface area contributed by atoms with Gasteiger partial charge in [0.05, 0.1) is 6.04 Å². The van der Waals surface area contributed by atoms with E-state index in [0.717, 1.165) is 31.0 Å². The lowest BCUT2D eigenvalue weighted by Gasteiger charge is -2.14. The first-order chi connectivity index (χ1) is 9.66. The Labute approximate surface area is 116 Å². The van der Waals surface area contributed by atoms with E-state index in [9.17, 15) is 9.50 Å². The van der Waals surface area contributed by atoms with Crippen LogP contribution < -0.4 is 5.32 Å². The van der Waals surface area contributed by atoms with E-state index < -0.39 is 5.82 Å². The van der Waals surface area contributed by atoms with Crippen molar-refractivity contribution < 1.29 is 9.50 Å². The summed E-state index contributed by atoms with van der Waals surface area (Å²) in [6.45, 7) is 3.33. The van der Waals surface area contributed by atoms with Crippen molar-refractivity contribution in [1.29, 1.82) is 0 Å². The molecule has 1 aliphatic rings. The molecule has 0 spiro atoms. The highest BCUT2D eigenvalue weighted by Gasteiger charge is 2.21. The molecule has 1 aliphatic heterocycles. The van der Waals surface area contributed by atoms with Crippen LogP contribution in [0, 0.1) is 5.82 Å². The Morgan fingerprint density at radius 3 is 3.15 bits per heavy atom. The van der Waals surface area contributed by atoms with Crippen molar-refractivity contribution in [2.45, 2.75) is 38.9 Å². The summed E-state index contributed by atoms with van der Waals surface area (Å²) in [5.41, 5.74) is 0.540. The van der Waals surface area contributed by atoms with Gasteiger partial charge in [-0.05, 0) is 19.4 Å². The van der Waals surface area contributed by atoms with E-state index in [1.807, 2.05) is 6.92 Å². The molecule has 20 heavy (non-hydrogen) atoms. The van der Waals surface area contributed by atoms with Crippen molar-refractivity contribution in [3.8, 4) is 5.75 Å². The molecule has 0 saturated heterocycles. The highest BCUT2D eigenvalue weighted by Crippen LogP contribution is 2.22. The van der Waals surface area contributed by atoms with Crippen molar-refractivity contribution in [2.75, 3.05) is 0 Å². The van der Waals surface area contributed by atoms with Crippen LogP contribution in [0.2, 0.25) is 0 Å². The van der Waals surface area contributed by atoms with Crippen LogP contribution in [-0.4, -0.2) is 19.9 Å². The lowest BCUT2D eigenvalue weighted by atomic mass is 10.2. The molecule has 3 rings (SSSR count). The highest BCUT2D eigenvalue weighted by molar-refractivity contribution is 5.33. The molecule has 0 saturated carbocycles. The summed E-state index contributed by atoms with van der Waals surface area (Å²) in [6, 6.07) is 4.53. The zero-order valence-corrected chi connectivity index (χ0v) is 11.3. The van der Waals surface area contributed by atoms with Crippen molar-refractivity contribution in [1.82, 2.24) is 20.1 Å². The number of hydrogen-bond acceptors (Lipinski definition) is 4. The standard InChI is InChI=1S/C14H17FN4O/c1-9(14-18-17-12-6-3-7-19(12)14)16-8-10-4-2-5-11(15)13(10)20/h2,4-5,9,16,20H,3,6-8H2,1H3. The van der Waals surface area contributed by atoms with Gasteiger partial charge in [0.15, 0.2) is 11.6 Å². The number of phenolic OH excluding ortho intramolecular Hbond substituents is 1. The smallest absolute Gasteiger partial charge is 0.165 e. The van der Waals surface area contributed by atoms with Crippen LogP contribution in [0.1, 0.15) is 36.6 Å². The van der Waals surface area contributed by atoms with Crippen molar-refractivity contribution >= 4 is 0 Å². The van der Waals surface area contributed by atoms with Gasteiger partial charge in [0.25, 0.3) is 0 Å². The zero-order chi connectivity index (χ0) is 14.1. The number of aryl methyl sites for hydroxylation is 1.